The number of benzene rings is 1. The molecule has 2 heterocycles. The summed E-state index contributed by atoms with van der Waals surface area (Å²) < 4.78 is 10.2. The molecule has 1 amide bonds. The van der Waals surface area contributed by atoms with Crippen molar-refractivity contribution in [1.29, 1.82) is 0 Å². The summed E-state index contributed by atoms with van der Waals surface area (Å²) in [5.41, 5.74) is 0.908. The average Bonchev–Trinajstić information content (AvgIpc) is 3.22. The number of amides is 1. The molecule has 2 atom stereocenters. The Bertz CT molecular complexity index is 593. The Labute approximate surface area is 116 Å². The monoisotopic (exact) mass is 273 g/mol. The second kappa shape index (κ2) is 5.42. The van der Waals surface area contributed by atoms with Gasteiger partial charge in [-0.15, -0.1) is 0 Å². The number of carbonyl (C=O) groups excluding carboxylic acids is 1. The maximum atomic E-state index is 11.5. The van der Waals surface area contributed by atoms with E-state index in [0.717, 1.165) is 5.56 Å². The Hall–Kier alpha value is -2.21. The minimum Gasteiger partial charge on any atom is -0.363 e. The van der Waals surface area contributed by atoms with Gasteiger partial charge in [-0.05, 0) is 0 Å². The number of carbonyl (C=O) groups is 1. The number of hydrogen-bond acceptors (Lipinski definition) is 5. The van der Waals surface area contributed by atoms with Crippen LogP contribution in [0.25, 0.3) is 11.4 Å². The summed E-state index contributed by atoms with van der Waals surface area (Å²) in [6.45, 7) is 2.89. The van der Waals surface area contributed by atoms with Crippen molar-refractivity contribution in [3.8, 4) is 11.4 Å². The van der Waals surface area contributed by atoms with Crippen LogP contribution < -0.4 is 5.32 Å². The molecular weight excluding hydrogens is 258 g/mol. The van der Waals surface area contributed by atoms with Gasteiger partial charge in [-0.25, -0.2) is 0 Å². The summed E-state index contributed by atoms with van der Waals surface area (Å²) in [5.74, 6) is 0.951. The number of epoxide rings is 1. The fourth-order valence-electron chi connectivity index (χ4n) is 1.79. The molecule has 2 unspecified atom stereocenters. The molecule has 3 rings (SSSR count). The van der Waals surface area contributed by atoms with Crippen LogP contribution in [0, 0.1) is 0 Å². The predicted molar refractivity (Wildman–Crippen MR) is 70.9 cm³/mol. The molecule has 0 spiro atoms. The molecule has 1 aromatic carbocycles. The van der Waals surface area contributed by atoms with Gasteiger partial charge in [0.2, 0.25) is 11.7 Å². The lowest BCUT2D eigenvalue weighted by molar-refractivity contribution is -0.122. The molecule has 2 aromatic rings. The van der Waals surface area contributed by atoms with E-state index in [1.165, 1.54) is 0 Å². The molecule has 1 aliphatic rings. The van der Waals surface area contributed by atoms with E-state index in [2.05, 4.69) is 15.5 Å². The highest BCUT2D eigenvalue weighted by Gasteiger charge is 2.31. The third-order valence-electron chi connectivity index (χ3n) is 3.10. The lowest BCUT2D eigenvalue weighted by Gasteiger charge is -2.06. The number of nitrogens with one attached hydrogen (secondary N) is 1. The number of ether oxygens (including phenoxy) is 1. The Morgan fingerprint density at radius 2 is 2.20 bits per heavy atom. The van der Waals surface area contributed by atoms with Gasteiger partial charge in [0, 0.05) is 12.1 Å². The van der Waals surface area contributed by atoms with Crippen LogP contribution in [0.5, 0.6) is 0 Å². The highest BCUT2D eigenvalue weighted by Crippen LogP contribution is 2.19. The van der Waals surface area contributed by atoms with E-state index in [1.54, 1.807) is 0 Å². The van der Waals surface area contributed by atoms with E-state index >= 15 is 0 Å². The Balaban J connectivity index is 1.62. The minimum absolute atomic E-state index is 0.0392. The SMILES string of the molecule is CC(CNC(=O)C1CO1)c1nc(-c2ccccc2)no1. The number of hydrogen-bond donors (Lipinski definition) is 1. The topological polar surface area (TPSA) is 80.5 Å². The first kappa shape index (κ1) is 12.8. The van der Waals surface area contributed by atoms with Crippen LogP contribution in [0.2, 0.25) is 0 Å². The highest BCUT2D eigenvalue weighted by molar-refractivity contribution is 5.82. The normalized spacial score (nSPS) is 18.6. The zero-order valence-corrected chi connectivity index (χ0v) is 11.1. The summed E-state index contributed by atoms with van der Waals surface area (Å²) in [5, 5.41) is 6.76. The standard InChI is InChI=1S/C14H15N3O3/c1-9(7-15-13(18)11-8-19-11)14-16-12(17-20-14)10-5-3-2-4-6-10/h2-6,9,11H,7-8H2,1H3,(H,15,18). The van der Waals surface area contributed by atoms with Crippen LogP contribution in [0.1, 0.15) is 18.7 Å². The summed E-state index contributed by atoms with van der Waals surface area (Å²) in [7, 11) is 0. The first-order valence-electron chi connectivity index (χ1n) is 6.52. The summed E-state index contributed by atoms with van der Waals surface area (Å²) in [6, 6.07) is 9.62. The van der Waals surface area contributed by atoms with E-state index in [0.29, 0.717) is 24.9 Å². The van der Waals surface area contributed by atoms with Gasteiger partial charge in [0.15, 0.2) is 6.10 Å². The van der Waals surface area contributed by atoms with E-state index < -0.39 is 0 Å². The first-order chi connectivity index (χ1) is 9.74. The molecule has 0 aliphatic carbocycles. The molecule has 6 heteroatoms. The van der Waals surface area contributed by atoms with Crippen LogP contribution in [0.4, 0.5) is 0 Å². The molecule has 1 aromatic heterocycles. The first-order valence-corrected chi connectivity index (χ1v) is 6.52. The van der Waals surface area contributed by atoms with Crippen molar-refractivity contribution in [2.24, 2.45) is 0 Å². The van der Waals surface area contributed by atoms with Gasteiger partial charge in [0.05, 0.1) is 12.5 Å². The quantitative estimate of drug-likeness (QED) is 0.832. The molecule has 104 valence electrons. The smallest absolute Gasteiger partial charge is 0.251 e. The van der Waals surface area contributed by atoms with Crippen molar-refractivity contribution >= 4 is 5.91 Å². The zero-order valence-electron chi connectivity index (χ0n) is 11.1. The van der Waals surface area contributed by atoms with Gasteiger partial charge < -0.3 is 14.6 Å². The maximum Gasteiger partial charge on any atom is 0.251 e. The molecule has 1 saturated heterocycles. The molecule has 0 radical (unpaired) electrons. The van der Waals surface area contributed by atoms with Gasteiger partial charge in [0.1, 0.15) is 0 Å². The minimum atomic E-state index is -0.273. The summed E-state index contributed by atoms with van der Waals surface area (Å²) >= 11 is 0. The summed E-state index contributed by atoms with van der Waals surface area (Å²) in [4.78, 5) is 15.8. The number of nitrogens with zero attached hydrogens (tertiary/aromatic N) is 2. The van der Waals surface area contributed by atoms with Crippen LogP contribution in [-0.4, -0.2) is 35.3 Å². The summed E-state index contributed by atoms with van der Waals surface area (Å²) in [6.07, 6.45) is -0.273. The molecular formula is C14H15N3O3. The number of rotatable bonds is 5. The lowest BCUT2D eigenvalue weighted by Crippen LogP contribution is -2.31. The van der Waals surface area contributed by atoms with Crippen LogP contribution >= 0.6 is 0 Å². The third-order valence-corrected chi connectivity index (χ3v) is 3.10. The molecule has 1 N–H and O–H groups in total. The van der Waals surface area contributed by atoms with Gasteiger partial charge >= 0.3 is 0 Å². The molecule has 6 nitrogen and oxygen atoms in total. The second-order valence-electron chi connectivity index (χ2n) is 4.79. The van der Waals surface area contributed by atoms with Crippen LogP contribution in [0.3, 0.4) is 0 Å². The van der Waals surface area contributed by atoms with Crippen molar-refractivity contribution in [3.05, 3.63) is 36.2 Å². The molecule has 0 bridgehead atoms. The Morgan fingerprint density at radius 1 is 1.45 bits per heavy atom. The van der Waals surface area contributed by atoms with Crippen molar-refractivity contribution in [2.75, 3.05) is 13.2 Å². The molecule has 20 heavy (non-hydrogen) atoms. The fourth-order valence-corrected chi connectivity index (χ4v) is 1.79. The average molecular weight is 273 g/mol. The second-order valence-corrected chi connectivity index (χ2v) is 4.79. The van der Waals surface area contributed by atoms with Crippen molar-refractivity contribution in [1.82, 2.24) is 15.5 Å². The van der Waals surface area contributed by atoms with Gasteiger partial charge in [-0.3, -0.25) is 4.79 Å². The molecule has 1 aliphatic heterocycles. The van der Waals surface area contributed by atoms with E-state index in [9.17, 15) is 4.79 Å². The molecule has 1 fully saturated rings. The fraction of sp³-hybridized carbons (Fsp3) is 0.357. The van der Waals surface area contributed by atoms with Gasteiger partial charge in [-0.2, -0.15) is 4.98 Å². The largest absolute Gasteiger partial charge is 0.363 e. The molecule has 0 saturated carbocycles. The van der Waals surface area contributed by atoms with Gasteiger partial charge in [-0.1, -0.05) is 42.4 Å². The Kier molecular flexibility index (Phi) is 3.47. The van der Waals surface area contributed by atoms with E-state index in [-0.39, 0.29) is 17.9 Å². The van der Waals surface area contributed by atoms with Crippen molar-refractivity contribution < 1.29 is 14.1 Å². The van der Waals surface area contributed by atoms with Gasteiger partial charge in [0.25, 0.3) is 5.91 Å². The highest BCUT2D eigenvalue weighted by atomic mass is 16.6. The van der Waals surface area contributed by atoms with E-state index in [1.807, 2.05) is 37.3 Å². The van der Waals surface area contributed by atoms with Crippen LogP contribution in [-0.2, 0) is 9.53 Å². The number of aromatic nitrogens is 2. The Morgan fingerprint density at radius 3 is 2.90 bits per heavy atom. The van der Waals surface area contributed by atoms with Crippen LogP contribution in [0.15, 0.2) is 34.9 Å². The lowest BCUT2D eigenvalue weighted by atomic mass is 10.1. The predicted octanol–water partition coefficient (Wildman–Crippen LogP) is 1.36. The van der Waals surface area contributed by atoms with Crippen molar-refractivity contribution in [2.45, 2.75) is 18.9 Å². The maximum absolute atomic E-state index is 11.5. The van der Waals surface area contributed by atoms with Crippen molar-refractivity contribution in [3.63, 3.8) is 0 Å². The van der Waals surface area contributed by atoms with E-state index in [4.69, 9.17) is 9.26 Å². The zero-order chi connectivity index (χ0) is 13.9. The third kappa shape index (κ3) is 2.85.